The predicted molar refractivity (Wildman–Crippen MR) is 115 cm³/mol. The van der Waals surface area contributed by atoms with Gasteiger partial charge in [0.25, 0.3) is 5.56 Å². The smallest absolute Gasteiger partial charge is 0.356 e. The SMILES string of the molecule is CCc1cc2ncc(CN3CCC(c4ccc(C(=O)OC)nc4)CC3)cc2[nH]c1=O. The number of hydrogen-bond acceptors (Lipinski definition) is 6. The molecule has 0 unspecified atom stereocenters. The Kier molecular flexibility index (Phi) is 5.90. The Morgan fingerprint density at radius 1 is 1.20 bits per heavy atom. The van der Waals surface area contributed by atoms with Crippen molar-refractivity contribution in [3.63, 3.8) is 0 Å². The number of piperidine rings is 1. The largest absolute Gasteiger partial charge is 0.464 e. The molecule has 7 nitrogen and oxygen atoms in total. The summed E-state index contributed by atoms with van der Waals surface area (Å²) in [6.07, 6.45) is 6.47. The van der Waals surface area contributed by atoms with Crippen molar-refractivity contribution in [2.75, 3.05) is 20.2 Å². The number of aromatic nitrogens is 3. The van der Waals surface area contributed by atoms with Crippen LogP contribution in [-0.2, 0) is 17.7 Å². The highest BCUT2D eigenvalue weighted by atomic mass is 16.5. The van der Waals surface area contributed by atoms with Crippen molar-refractivity contribution in [3.05, 3.63) is 69.4 Å². The minimum atomic E-state index is -0.410. The molecular formula is C23H26N4O3. The third kappa shape index (κ3) is 4.26. The lowest BCUT2D eigenvalue weighted by molar-refractivity contribution is 0.0594. The van der Waals surface area contributed by atoms with Crippen LogP contribution in [0.5, 0.6) is 0 Å². The molecule has 0 spiro atoms. The third-order valence-electron chi connectivity index (χ3n) is 5.85. The quantitative estimate of drug-likeness (QED) is 0.655. The summed E-state index contributed by atoms with van der Waals surface area (Å²) >= 11 is 0. The second-order valence-electron chi connectivity index (χ2n) is 7.77. The number of carbonyl (C=O) groups is 1. The lowest BCUT2D eigenvalue weighted by atomic mass is 9.90. The first kappa shape index (κ1) is 20.2. The lowest BCUT2D eigenvalue weighted by Crippen LogP contribution is -2.32. The molecule has 156 valence electrons. The number of nitrogens with one attached hydrogen (secondary N) is 1. The van der Waals surface area contributed by atoms with Crippen molar-refractivity contribution in [2.24, 2.45) is 0 Å². The first-order chi connectivity index (χ1) is 14.6. The van der Waals surface area contributed by atoms with Gasteiger partial charge in [-0.25, -0.2) is 9.78 Å². The van der Waals surface area contributed by atoms with Crippen molar-refractivity contribution < 1.29 is 9.53 Å². The van der Waals surface area contributed by atoms with Crippen LogP contribution in [-0.4, -0.2) is 46.0 Å². The number of H-pyrrole nitrogens is 1. The second-order valence-corrected chi connectivity index (χ2v) is 7.77. The molecule has 0 bridgehead atoms. The molecule has 1 N–H and O–H groups in total. The van der Waals surface area contributed by atoms with Crippen molar-refractivity contribution in [3.8, 4) is 0 Å². The van der Waals surface area contributed by atoms with E-state index in [4.69, 9.17) is 4.74 Å². The summed E-state index contributed by atoms with van der Waals surface area (Å²) in [6.45, 7) is 4.74. The number of nitrogens with zero attached hydrogens (tertiary/aromatic N) is 3. The van der Waals surface area contributed by atoms with E-state index in [-0.39, 0.29) is 5.56 Å². The Hall–Kier alpha value is -3.06. The van der Waals surface area contributed by atoms with Crippen LogP contribution in [0.2, 0.25) is 0 Å². The molecule has 1 fully saturated rings. The van der Waals surface area contributed by atoms with Gasteiger partial charge < -0.3 is 9.72 Å². The molecule has 0 radical (unpaired) electrons. The summed E-state index contributed by atoms with van der Waals surface area (Å²) in [5.74, 6) is 0.0339. The fraction of sp³-hybridized carbons (Fsp3) is 0.391. The molecule has 30 heavy (non-hydrogen) atoms. The van der Waals surface area contributed by atoms with Crippen LogP contribution in [0, 0.1) is 0 Å². The summed E-state index contributed by atoms with van der Waals surface area (Å²) in [5.41, 5.74) is 4.96. The number of esters is 1. The van der Waals surface area contributed by atoms with E-state index in [1.807, 2.05) is 31.3 Å². The van der Waals surface area contributed by atoms with E-state index in [1.54, 1.807) is 12.3 Å². The van der Waals surface area contributed by atoms with Crippen molar-refractivity contribution in [1.29, 1.82) is 0 Å². The summed E-state index contributed by atoms with van der Waals surface area (Å²) in [6, 6.07) is 7.63. The number of methoxy groups -OCH3 is 1. The van der Waals surface area contributed by atoms with Crippen molar-refractivity contribution >= 4 is 17.0 Å². The highest BCUT2D eigenvalue weighted by Crippen LogP contribution is 2.28. The van der Waals surface area contributed by atoms with Gasteiger partial charge in [-0.15, -0.1) is 0 Å². The van der Waals surface area contributed by atoms with Gasteiger partial charge in [0, 0.05) is 24.5 Å². The van der Waals surface area contributed by atoms with Gasteiger partial charge in [0.1, 0.15) is 5.69 Å². The lowest BCUT2D eigenvalue weighted by Gasteiger charge is -2.32. The molecule has 0 atom stereocenters. The molecular weight excluding hydrogens is 380 g/mol. The van der Waals surface area contributed by atoms with Crippen LogP contribution >= 0.6 is 0 Å². The minimum Gasteiger partial charge on any atom is -0.464 e. The molecule has 4 heterocycles. The maximum atomic E-state index is 12.1. The van der Waals surface area contributed by atoms with E-state index in [1.165, 1.54) is 12.7 Å². The van der Waals surface area contributed by atoms with Gasteiger partial charge in [0.2, 0.25) is 0 Å². The highest BCUT2D eigenvalue weighted by Gasteiger charge is 2.21. The first-order valence-electron chi connectivity index (χ1n) is 10.3. The molecule has 0 aromatic carbocycles. The van der Waals surface area contributed by atoms with E-state index in [9.17, 15) is 9.59 Å². The molecule has 0 amide bonds. The van der Waals surface area contributed by atoms with E-state index >= 15 is 0 Å². The van der Waals surface area contributed by atoms with Crippen LogP contribution in [0.25, 0.3) is 11.0 Å². The molecule has 3 aromatic heterocycles. The number of aromatic amines is 1. The Morgan fingerprint density at radius 3 is 2.67 bits per heavy atom. The molecule has 0 aliphatic carbocycles. The van der Waals surface area contributed by atoms with Crippen LogP contribution in [0.3, 0.4) is 0 Å². The van der Waals surface area contributed by atoms with Crippen LogP contribution in [0.15, 0.2) is 41.5 Å². The molecule has 4 rings (SSSR count). The average molecular weight is 406 g/mol. The van der Waals surface area contributed by atoms with Crippen LogP contribution in [0.1, 0.15) is 52.9 Å². The van der Waals surface area contributed by atoms with E-state index < -0.39 is 5.97 Å². The molecule has 1 aliphatic rings. The fourth-order valence-electron chi connectivity index (χ4n) is 4.07. The average Bonchev–Trinajstić information content (AvgIpc) is 2.78. The zero-order valence-electron chi connectivity index (χ0n) is 17.4. The number of hydrogen-bond donors (Lipinski definition) is 1. The fourth-order valence-corrected chi connectivity index (χ4v) is 4.07. The topological polar surface area (TPSA) is 88.2 Å². The van der Waals surface area contributed by atoms with E-state index in [0.717, 1.165) is 54.6 Å². The Labute approximate surface area is 175 Å². The van der Waals surface area contributed by atoms with Crippen LogP contribution < -0.4 is 5.56 Å². The number of carbonyl (C=O) groups excluding carboxylic acids is 1. The van der Waals surface area contributed by atoms with Gasteiger partial charge >= 0.3 is 5.97 Å². The first-order valence-corrected chi connectivity index (χ1v) is 10.3. The Balaban J connectivity index is 1.38. The van der Waals surface area contributed by atoms with Gasteiger partial charge in [-0.1, -0.05) is 13.0 Å². The number of likely N-dealkylation sites (tertiary alicyclic amines) is 1. The zero-order valence-corrected chi connectivity index (χ0v) is 17.4. The second kappa shape index (κ2) is 8.75. The third-order valence-corrected chi connectivity index (χ3v) is 5.85. The number of ether oxygens (including phenoxy) is 1. The molecule has 1 saturated heterocycles. The summed E-state index contributed by atoms with van der Waals surface area (Å²) in [4.78, 5) is 37.8. The maximum absolute atomic E-state index is 12.1. The molecule has 7 heteroatoms. The Morgan fingerprint density at radius 2 is 2.00 bits per heavy atom. The molecule has 3 aromatic rings. The van der Waals surface area contributed by atoms with Gasteiger partial charge in [0.15, 0.2) is 0 Å². The van der Waals surface area contributed by atoms with Gasteiger partial charge in [-0.3, -0.25) is 14.7 Å². The summed E-state index contributed by atoms with van der Waals surface area (Å²) < 4.78 is 4.70. The van der Waals surface area contributed by atoms with Crippen LogP contribution in [0.4, 0.5) is 0 Å². The normalized spacial score (nSPS) is 15.4. The number of pyridine rings is 3. The monoisotopic (exact) mass is 406 g/mol. The predicted octanol–water partition coefficient (Wildman–Crippen LogP) is 3.05. The standard InChI is InChI=1S/C23H26N4O3/c1-3-16-11-20-21(26-22(16)28)10-15(12-24-20)14-27-8-6-17(7-9-27)18-4-5-19(25-13-18)23(29)30-2/h4-5,10-13,17H,3,6-9,14H2,1-2H3,(H,26,28). The molecule has 1 aliphatic heterocycles. The number of fused-ring (bicyclic) bond motifs is 1. The maximum Gasteiger partial charge on any atom is 0.356 e. The van der Waals surface area contributed by atoms with E-state index in [0.29, 0.717) is 18.0 Å². The Bertz CT molecular complexity index is 1100. The molecule has 0 saturated carbocycles. The van der Waals surface area contributed by atoms with Gasteiger partial charge in [-0.05, 0) is 67.6 Å². The minimum absolute atomic E-state index is 0.0309. The highest BCUT2D eigenvalue weighted by molar-refractivity contribution is 5.87. The van der Waals surface area contributed by atoms with Gasteiger partial charge in [0.05, 0.1) is 18.1 Å². The van der Waals surface area contributed by atoms with Crippen molar-refractivity contribution in [2.45, 2.75) is 38.6 Å². The van der Waals surface area contributed by atoms with Crippen molar-refractivity contribution in [1.82, 2.24) is 19.9 Å². The van der Waals surface area contributed by atoms with E-state index in [2.05, 4.69) is 19.9 Å². The van der Waals surface area contributed by atoms with Gasteiger partial charge in [-0.2, -0.15) is 0 Å². The zero-order chi connectivity index (χ0) is 21.1. The summed E-state index contributed by atoms with van der Waals surface area (Å²) in [7, 11) is 1.36. The number of aryl methyl sites for hydroxylation is 1. The summed E-state index contributed by atoms with van der Waals surface area (Å²) in [5, 5.41) is 0. The number of rotatable bonds is 5.